The van der Waals surface area contributed by atoms with Crippen LogP contribution in [0.4, 0.5) is 5.69 Å². The molecule has 4 nitrogen and oxygen atoms in total. The van der Waals surface area contributed by atoms with Crippen molar-refractivity contribution in [2.24, 2.45) is 0 Å². The number of carbonyl (C=O) groups is 1. The van der Waals surface area contributed by atoms with Crippen LogP contribution in [0.25, 0.3) is 0 Å². The summed E-state index contributed by atoms with van der Waals surface area (Å²) in [6.07, 6.45) is 1.15. The fourth-order valence-corrected chi connectivity index (χ4v) is 3.71. The number of nitrogens with one attached hydrogen (secondary N) is 1. The molecule has 92 valence electrons. The van der Waals surface area contributed by atoms with Gasteiger partial charge >= 0.3 is 0 Å². The highest BCUT2D eigenvalue weighted by Crippen LogP contribution is 2.24. The standard InChI is InChI=1S/C11H13NO3S2/c1-3-11(13)12-9-5-7-10(8-6-9)17(14,15)16-4-2/h3,5-8H,1,4H2,2H3,(H,12,13). The Labute approximate surface area is 104 Å². The van der Waals surface area contributed by atoms with Crippen LogP contribution in [0.15, 0.2) is 41.8 Å². The molecule has 0 aromatic heterocycles. The Hall–Kier alpha value is -1.27. The number of hydrogen-bond acceptors (Lipinski definition) is 4. The Bertz CT molecular complexity index is 506. The van der Waals surface area contributed by atoms with Gasteiger partial charge in [0, 0.05) is 11.4 Å². The third kappa shape index (κ3) is 3.90. The number of benzene rings is 1. The zero-order valence-corrected chi connectivity index (χ0v) is 11.0. The maximum absolute atomic E-state index is 11.7. The summed E-state index contributed by atoms with van der Waals surface area (Å²) in [6, 6.07) is 6.03. The van der Waals surface area contributed by atoms with Gasteiger partial charge in [-0.25, -0.2) is 8.42 Å². The second kappa shape index (κ2) is 5.88. The van der Waals surface area contributed by atoms with E-state index in [1.54, 1.807) is 19.1 Å². The van der Waals surface area contributed by atoms with Gasteiger partial charge in [-0.05, 0) is 41.1 Å². The highest BCUT2D eigenvalue weighted by molar-refractivity contribution is 8.72. The van der Waals surface area contributed by atoms with Crippen LogP contribution in [0.2, 0.25) is 0 Å². The molecule has 0 radical (unpaired) electrons. The van der Waals surface area contributed by atoms with Crippen molar-refractivity contribution in [2.45, 2.75) is 11.8 Å². The van der Waals surface area contributed by atoms with Crippen LogP contribution in [0, 0.1) is 0 Å². The van der Waals surface area contributed by atoms with Crippen molar-refractivity contribution < 1.29 is 13.2 Å². The second-order valence-electron chi connectivity index (χ2n) is 3.08. The Morgan fingerprint density at radius 1 is 1.41 bits per heavy atom. The number of amides is 1. The highest BCUT2D eigenvalue weighted by atomic mass is 33.1. The number of rotatable bonds is 5. The Kier molecular flexibility index (Phi) is 4.77. The summed E-state index contributed by atoms with van der Waals surface area (Å²) in [7, 11) is -2.40. The lowest BCUT2D eigenvalue weighted by atomic mass is 10.3. The fourth-order valence-electron chi connectivity index (χ4n) is 1.12. The third-order valence-electron chi connectivity index (χ3n) is 1.87. The first-order chi connectivity index (χ1) is 7.99. The largest absolute Gasteiger partial charge is 0.323 e. The molecule has 1 N–H and O–H groups in total. The molecule has 0 saturated heterocycles. The number of hydrogen-bond donors (Lipinski definition) is 1. The molecular formula is C11H13NO3S2. The van der Waals surface area contributed by atoms with Crippen LogP contribution in [0.3, 0.4) is 0 Å². The van der Waals surface area contributed by atoms with E-state index in [0.29, 0.717) is 11.4 Å². The monoisotopic (exact) mass is 271 g/mol. The van der Waals surface area contributed by atoms with Crippen LogP contribution < -0.4 is 5.32 Å². The van der Waals surface area contributed by atoms with Gasteiger partial charge in [0.05, 0.1) is 4.90 Å². The quantitative estimate of drug-likeness (QED) is 0.659. The first-order valence-corrected chi connectivity index (χ1v) is 7.91. The summed E-state index contributed by atoms with van der Waals surface area (Å²) in [5, 5.41) is 2.54. The molecule has 0 heterocycles. The van der Waals surface area contributed by atoms with Crippen molar-refractivity contribution in [1.29, 1.82) is 0 Å². The van der Waals surface area contributed by atoms with Gasteiger partial charge in [-0.2, -0.15) is 0 Å². The lowest BCUT2D eigenvalue weighted by Crippen LogP contribution is -2.07. The first kappa shape index (κ1) is 13.8. The number of anilines is 1. The molecule has 0 aliphatic heterocycles. The van der Waals surface area contributed by atoms with Crippen LogP contribution in [-0.4, -0.2) is 20.1 Å². The van der Waals surface area contributed by atoms with Gasteiger partial charge in [-0.1, -0.05) is 13.5 Å². The average molecular weight is 271 g/mol. The molecule has 1 aromatic carbocycles. The molecule has 1 rings (SSSR count). The second-order valence-corrected chi connectivity index (χ2v) is 7.29. The van der Waals surface area contributed by atoms with Gasteiger partial charge in [0.2, 0.25) is 14.8 Å². The van der Waals surface area contributed by atoms with E-state index in [2.05, 4.69) is 11.9 Å². The van der Waals surface area contributed by atoms with Gasteiger partial charge in [-0.3, -0.25) is 4.79 Å². The van der Waals surface area contributed by atoms with E-state index in [1.165, 1.54) is 12.1 Å². The van der Waals surface area contributed by atoms with E-state index in [0.717, 1.165) is 16.9 Å². The van der Waals surface area contributed by atoms with Gasteiger partial charge in [0.1, 0.15) is 0 Å². The molecule has 0 fully saturated rings. The molecule has 1 amide bonds. The molecule has 0 unspecified atom stereocenters. The van der Waals surface area contributed by atoms with E-state index < -0.39 is 8.87 Å². The summed E-state index contributed by atoms with van der Waals surface area (Å²) in [4.78, 5) is 11.3. The summed E-state index contributed by atoms with van der Waals surface area (Å²) in [5.74, 6) is 0.167. The minimum absolute atomic E-state index is 0.237. The van der Waals surface area contributed by atoms with Crippen molar-refractivity contribution in [3.05, 3.63) is 36.9 Å². The van der Waals surface area contributed by atoms with Crippen molar-refractivity contribution in [3.8, 4) is 0 Å². The molecular weight excluding hydrogens is 258 g/mol. The van der Waals surface area contributed by atoms with Gasteiger partial charge in [0.25, 0.3) is 0 Å². The van der Waals surface area contributed by atoms with E-state index in [9.17, 15) is 13.2 Å². The normalized spacial score (nSPS) is 10.9. The van der Waals surface area contributed by atoms with E-state index in [1.807, 2.05) is 0 Å². The molecule has 0 saturated carbocycles. The molecule has 1 aromatic rings. The predicted molar refractivity (Wildman–Crippen MR) is 70.6 cm³/mol. The summed E-state index contributed by atoms with van der Waals surface area (Å²) in [5.41, 5.74) is 0.537. The Morgan fingerprint density at radius 3 is 2.47 bits per heavy atom. The fraction of sp³-hybridized carbons (Fsp3) is 0.182. The van der Waals surface area contributed by atoms with Crippen molar-refractivity contribution in [2.75, 3.05) is 11.1 Å². The Morgan fingerprint density at radius 2 is 2.00 bits per heavy atom. The minimum Gasteiger partial charge on any atom is -0.323 e. The Balaban J connectivity index is 2.88. The highest BCUT2D eigenvalue weighted by Gasteiger charge is 2.13. The van der Waals surface area contributed by atoms with Crippen LogP contribution >= 0.6 is 10.8 Å². The SMILES string of the molecule is C=CC(=O)Nc1ccc(S(=O)(=O)SCC)cc1. The summed E-state index contributed by atoms with van der Waals surface area (Å²) < 4.78 is 23.4. The molecule has 0 bridgehead atoms. The summed E-state index contributed by atoms with van der Waals surface area (Å²) in [6.45, 7) is 5.11. The molecule has 0 aliphatic rings. The summed E-state index contributed by atoms with van der Waals surface area (Å²) >= 11 is 0. The maximum atomic E-state index is 11.7. The van der Waals surface area contributed by atoms with Gasteiger partial charge < -0.3 is 5.32 Å². The molecule has 17 heavy (non-hydrogen) atoms. The zero-order chi connectivity index (χ0) is 12.9. The third-order valence-corrected chi connectivity index (χ3v) is 5.48. The number of carbonyl (C=O) groups excluding carboxylic acids is 1. The maximum Gasteiger partial charge on any atom is 0.247 e. The van der Waals surface area contributed by atoms with Crippen LogP contribution in [0.5, 0.6) is 0 Å². The van der Waals surface area contributed by atoms with Crippen molar-refractivity contribution >= 4 is 31.3 Å². The van der Waals surface area contributed by atoms with E-state index in [-0.39, 0.29) is 10.8 Å². The lowest BCUT2D eigenvalue weighted by Gasteiger charge is -2.04. The van der Waals surface area contributed by atoms with Crippen LogP contribution in [-0.2, 0) is 13.7 Å². The lowest BCUT2D eigenvalue weighted by molar-refractivity contribution is -0.111. The smallest absolute Gasteiger partial charge is 0.247 e. The first-order valence-electron chi connectivity index (χ1n) is 4.92. The average Bonchev–Trinajstić information content (AvgIpc) is 2.29. The van der Waals surface area contributed by atoms with Crippen molar-refractivity contribution in [1.82, 2.24) is 0 Å². The topological polar surface area (TPSA) is 63.2 Å². The predicted octanol–water partition coefficient (Wildman–Crippen LogP) is 2.25. The van der Waals surface area contributed by atoms with Crippen LogP contribution in [0.1, 0.15) is 6.92 Å². The minimum atomic E-state index is -3.28. The molecule has 6 heteroatoms. The molecule has 0 atom stereocenters. The van der Waals surface area contributed by atoms with E-state index >= 15 is 0 Å². The van der Waals surface area contributed by atoms with Gasteiger partial charge in [-0.15, -0.1) is 0 Å². The molecule has 0 spiro atoms. The van der Waals surface area contributed by atoms with Gasteiger partial charge in [0.15, 0.2) is 0 Å². The molecule has 0 aliphatic carbocycles. The zero-order valence-electron chi connectivity index (χ0n) is 9.34. The van der Waals surface area contributed by atoms with E-state index in [4.69, 9.17) is 0 Å². The van der Waals surface area contributed by atoms with Crippen molar-refractivity contribution in [3.63, 3.8) is 0 Å².